The van der Waals surface area contributed by atoms with Gasteiger partial charge in [0, 0.05) is 6.61 Å². The summed E-state index contributed by atoms with van der Waals surface area (Å²) in [7, 11) is 0. The second-order valence-corrected chi connectivity index (χ2v) is 3.68. The van der Waals surface area contributed by atoms with Crippen molar-refractivity contribution in [2.45, 2.75) is 44.9 Å². The molecule has 0 amide bonds. The second kappa shape index (κ2) is 6.90. The van der Waals surface area contributed by atoms with Crippen molar-refractivity contribution < 1.29 is 5.11 Å². The van der Waals surface area contributed by atoms with Crippen molar-refractivity contribution in [3.05, 3.63) is 23.8 Å². The van der Waals surface area contributed by atoms with E-state index in [4.69, 9.17) is 5.11 Å². The van der Waals surface area contributed by atoms with Gasteiger partial charge in [0.2, 0.25) is 0 Å². The number of aliphatic hydroxyl groups excluding tert-OH is 1. The van der Waals surface area contributed by atoms with Gasteiger partial charge in [0.1, 0.15) is 0 Å². The van der Waals surface area contributed by atoms with Crippen LogP contribution < -0.4 is 0 Å². The summed E-state index contributed by atoms with van der Waals surface area (Å²) in [5, 5.41) is 8.59. The highest BCUT2D eigenvalue weighted by atomic mass is 16.2. The first kappa shape index (κ1) is 10.5. The molecule has 0 aliphatic heterocycles. The van der Waals surface area contributed by atoms with Crippen molar-refractivity contribution in [1.82, 2.24) is 0 Å². The summed E-state index contributed by atoms with van der Waals surface area (Å²) in [5.41, 5.74) is 1.60. The standard InChI is InChI=1S/C12H20O/c13-11-7-2-1-4-8-12-9-5-3-6-10-12/h3,5,9,13H,1-2,4,6-8,10-11H2. The van der Waals surface area contributed by atoms with Crippen LogP contribution in [0.25, 0.3) is 0 Å². The van der Waals surface area contributed by atoms with E-state index in [9.17, 15) is 0 Å². The molecule has 0 bridgehead atoms. The Morgan fingerprint density at radius 1 is 1.15 bits per heavy atom. The quantitative estimate of drug-likeness (QED) is 0.622. The number of aliphatic hydroxyl groups is 1. The summed E-state index contributed by atoms with van der Waals surface area (Å²) in [6, 6.07) is 0. The van der Waals surface area contributed by atoms with Crippen molar-refractivity contribution >= 4 is 0 Å². The Morgan fingerprint density at radius 3 is 2.69 bits per heavy atom. The summed E-state index contributed by atoms with van der Waals surface area (Å²) < 4.78 is 0. The molecule has 1 N–H and O–H groups in total. The highest BCUT2D eigenvalue weighted by molar-refractivity contribution is 5.17. The maximum atomic E-state index is 8.59. The Bertz CT molecular complexity index is 180. The van der Waals surface area contributed by atoms with Crippen LogP contribution in [0.3, 0.4) is 0 Å². The molecule has 1 aliphatic carbocycles. The molecule has 0 atom stereocenters. The molecular formula is C12H20O. The second-order valence-electron chi connectivity index (χ2n) is 3.68. The zero-order chi connectivity index (χ0) is 9.36. The Kier molecular flexibility index (Phi) is 5.59. The van der Waals surface area contributed by atoms with Gasteiger partial charge < -0.3 is 5.11 Å². The molecule has 0 aromatic rings. The lowest BCUT2D eigenvalue weighted by Gasteiger charge is -2.08. The van der Waals surface area contributed by atoms with Gasteiger partial charge in [-0.15, -0.1) is 0 Å². The predicted molar refractivity (Wildman–Crippen MR) is 56.6 cm³/mol. The Labute approximate surface area is 81.2 Å². The molecule has 0 spiro atoms. The van der Waals surface area contributed by atoms with Gasteiger partial charge in [0.05, 0.1) is 0 Å². The first-order valence-corrected chi connectivity index (χ1v) is 5.39. The third kappa shape index (κ3) is 4.89. The van der Waals surface area contributed by atoms with E-state index in [1.807, 2.05) is 0 Å². The number of hydrogen-bond donors (Lipinski definition) is 1. The maximum Gasteiger partial charge on any atom is 0.0431 e. The van der Waals surface area contributed by atoms with Gasteiger partial charge in [-0.1, -0.05) is 36.6 Å². The summed E-state index contributed by atoms with van der Waals surface area (Å²) >= 11 is 0. The van der Waals surface area contributed by atoms with Crippen LogP contribution in [0, 0.1) is 0 Å². The molecule has 0 fully saturated rings. The summed E-state index contributed by atoms with van der Waals surface area (Å²) in [5.74, 6) is 0. The smallest absolute Gasteiger partial charge is 0.0431 e. The highest BCUT2D eigenvalue weighted by Gasteiger charge is 1.98. The molecule has 74 valence electrons. The van der Waals surface area contributed by atoms with Crippen LogP contribution in [0.4, 0.5) is 0 Å². The van der Waals surface area contributed by atoms with Gasteiger partial charge in [0.15, 0.2) is 0 Å². The van der Waals surface area contributed by atoms with E-state index in [2.05, 4.69) is 18.2 Å². The third-order valence-corrected chi connectivity index (χ3v) is 2.51. The van der Waals surface area contributed by atoms with Crippen LogP contribution in [-0.2, 0) is 0 Å². The van der Waals surface area contributed by atoms with Crippen molar-refractivity contribution in [3.63, 3.8) is 0 Å². The average molecular weight is 180 g/mol. The van der Waals surface area contributed by atoms with E-state index >= 15 is 0 Å². The lowest BCUT2D eigenvalue weighted by atomic mass is 9.99. The molecule has 0 unspecified atom stereocenters. The van der Waals surface area contributed by atoms with Gasteiger partial charge in [-0.2, -0.15) is 0 Å². The SMILES string of the molecule is OCCCCCCC1=CC=CCC1. The summed E-state index contributed by atoms with van der Waals surface area (Å²) in [4.78, 5) is 0. The van der Waals surface area contributed by atoms with Crippen LogP contribution in [0.5, 0.6) is 0 Å². The molecule has 0 saturated carbocycles. The zero-order valence-corrected chi connectivity index (χ0v) is 8.34. The number of unbranched alkanes of at least 4 members (excludes halogenated alkanes) is 3. The van der Waals surface area contributed by atoms with Crippen LogP contribution in [-0.4, -0.2) is 11.7 Å². The van der Waals surface area contributed by atoms with Gasteiger partial charge >= 0.3 is 0 Å². The normalized spacial score (nSPS) is 15.9. The monoisotopic (exact) mass is 180 g/mol. The van der Waals surface area contributed by atoms with Crippen LogP contribution in [0.2, 0.25) is 0 Å². The Balaban J connectivity index is 1.99. The first-order valence-electron chi connectivity index (χ1n) is 5.39. The molecule has 0 saturated heterocycles. The van der Waals surface area contributed by atoms with E-state index in [1.165, 1.54) is 38.5 Å². The maximum absolute atomic E-state index is 8.59. The largest absolute Gasteiger partial charge is 0.396 e. The molecule has 0 heterocycles. The van der Waals surface area contributed by atoms with Gasteiger partial charge in [-0.05, 0) is 32.1 Å². The topological polar surface area (TPSA) is 20.2 Å². The average Bonchev–Trinajstić information content (AvgIpc) is 2.19. The summed E-state index contributed by atoms with van der Waals surface area (Å²) in [6.45, 7) is 0.353. The molecule has 0 aromatic carbocycles. The number of allylic oxidation sites excluding steroid dienone is 4. The molecule has 1 nitrogen and oxygen atoms in total. The van der Waals surface area contributed by atoms with Gasteiger partial charge in [-0.25, -0.2) is 0 Å². The zero-order valence-electron chi connectivity index (χ0n) is 8.34. The fourth-order valence-corrected chi connectivity index (χ4v) is 1.68. The Hall–Kier alpha value is -0.560. The summed E-state index contributed by atoms with van der Waals surface area (Å²) in [6.07, 6.45) is 15.1. The van der Waals surface area contributed by atoms with E-state index < -0.39 is 0 Å². The minimum atomic E-state index is 0.353. The van der Waals surface area contributed by atoms with E-state index in [-0.39, 0.29) is 0 Å². The minimum Gasteiger partial charge on any atom is -0.396 e. The van der Waals surface area contributed by atoms with Crippen molar-refractivity contribution in [2.24, 2.45) is 0 Å². The molecule has 1 heteroatoms. The predicted octanol–water partition coefficient (Wildman–Crippen LogP) is 3.21. The highest BCUT2D eigenvalue weighted by Crippen LogP contribution is 2.18. The van der Waals surface area contributed by atoms with Crippen molar-refractivity contribution in [1.29, 1.82) is 0 Å². The lowest BCUT2D eigenvalue weighted by molar-refractivity contribution is 0.282. The fraction of sp³-hybridized carbons (Fsp3) is 0.667. The van der Waals surface area contributed by atoms with Gasteiger partial charge in [-0.3, -0.25) is 0 Å². The van der Waals surface area contributed by atoms with Crippen LogP contribution in [0.1, 0.15) is 44.9 Å². The molecule has 0 aromatic heterocycles. The van der Waals surface area contributed by atoms with Gasteiger partial charge in [0.25, 0.3) is 0 Å². The molecule has 1 aliphatic rings. The fourth-order valence-electron chi connectivity index (χ4n) is 1.68. The number of rotatable bonds is 6. The Morgan fingerprint density at radius 2 is 2.00 bits per heavy atom. The van der Waals surface area contributed by atoms with E-state index in [1.54, 1.807) is 5.57 Å². The molecule has 1 rings (SSSR count). The minimum absolute atomic E-state index is 0.353. The van der Waals surface area contributed by atoms with Crippen LogP contribution in [0.15, 0.2) is 23.8 Å². The number of hydrogen-bond acceptors (Lipinski definition) is 1. The first-order chi connectivity index (χ1) is 6.43. The molecule has 0 radical (unpaired) electrons. The van der Waals surface area contributed by atoms with E-state index in [0.717, 1.165) is 6.42 Å². The lowest BCUT2D eigenvalue weighted by Crippen LogP contribution is -1.89. The molecule has 13 heavy (non-hydrogen) atoms. The van der Waals surface area contributed by atoms with E-state index in [0.29, 0.717) is 6.61 Å². The van der Waals surface area contributed by atoms with Crippen LogP contribution >= 0.6 is 0 Å². The molecular weight excluding hydrogens is 160 g/mol. The van der Waals surface area contributed by atoms with Crippen molar-refractivity contribution in [3.8, 4) is 0 Å². The van der Waals surface area contributed by atoms with Crippen molar-refractivity contribution in [2.75, 3.05) is 6.61 Å². The third-order valence-electron chi connectivity index (χ3n) is 2.51.